The normalized spacial score (nSPS) is 48.3. The third-order valence-electron chi connectivity index (χ3n) is 10.8. The zero-order valence-electron chi connectivity index (χ0n) is 20.4. The average molecular weight is 415 g/mol. The lowest BCUT2D eigenvalue weighted by molar-refractivity contribution is -0.160. The van der Waals surface area contributed by atoms with Crippen molar-refractivity contribution in [2.45, 2.75) is 99.0 Å². The van der Waals surface area contributed by atoms with Gasteiger partial charge in [0.1, 0.15) is 5.78 Å². The Morgan fingerprint density at radius 1 is 0.933 bits per heavy atom. The number of hydrogen-bond acceptors (Lipinski definition) is 2. The van der Waals surface area contributed by atoms with Gasteiger partial charge in [0.2, 0.25) is 0 Å². The number of rotatable bonds is 4. The fourth-order valence-electron chi connectivity index (χ4n) is 8.76. The van der Waals surface area contributed by atoms with Gasteiger partial charge < -0.3 is 5.11 Å². The molecule has 0 saturated heterocycles. The molecule has 4 rings (SSSR count). The van der Waals surface area contributed by atoms with E-state index in [0.29, 0.717) is 46.7 Å². The molecular weight excluding hydrogens is 368 g/mol. The molecular formula is C28H46O2. The number of aliphatic hydroxyl groups is 1. The quantitative estimate of drug-likeness (QED) is 0.522. The third kappa shape index (κ3) is 3.54. The zero-order valence-corrected chi connectivity index (χ0v) is 20.4. The van der Waals surface area contributed by atoms with E-state index < -0.39 is 0 Å². The van der Waals surface area contributed by atoms with Crippen LogP contribution in [0, 0.1) is 58.2 Å². The first kappa shape index (κ1) is 22.6. The Morgan fingerprint density at radius 2 is 1.63 bits per heavy atom. The second-order valence-corrected chi connectivity index (χ2v) is 12.6. The Labute approximate surface area is 185 Å². The lowest BCUT2D eigenvalue weighted by atomic mass is 9.44. The van der Waals surface area contributed by atoms with Crippen LogP contribution in [0.15, 0.2) is 12.2 Å². The van der Waals surface area contributed by atoms with Crippen LogP contribution in [0.1, 0.15) is 92.9 Å². The van der Waals surface area contributed by atoms with Gasteiger partial charge in [0.15, 0.2) is 0 Å². The summed E-state index contributed by atoms with van der Waals surface area (Å²) in [6.45, 7) is 14.3. The van der Waals surface area contributed by atoms with Crippen molar-refractivity contribution in [2.75, 3.05) is 0 Å². The maximum absolute atomic E-state index is 13.3. The molecule has 0 bridgehead atoms. The molecule has 0 aromatic carbocycles. The molecule has 4 saturated carbocycles. The Bertz CT molecular complexity index is 680. The van der Waals surface area contributed by atoms with Crippen LogP contribution < -0.4 is 0 Å². The van der Waals surface area contributed by atoms with Gasteiger partial charge in [-0.1, -0.05) is 53.7 Å². The predicted octanol–water partition coefficient (Wildman–Crippen LogP) is 6.67. The summed E-state index contributed by atoms with van der Waals surface area (Å²) in [6, 6.07) is 0. The van der Waals surface area contributed by atoms with Crippen LogP contribution >= 0.6 is 0 Å². The molecule has 2 heteroatoms. The van der Waals surface area contributed by atoms with Crippen molar-refractivity contribution in [3.8, 4) is 0 Å². The van der Waals surface area contributed by atoms with E-state index in [1.165, 1.54) is 25.7 Å². The number of fused-ring (bicyclic) bond motifs is 5. The number of aliphatic hydroxyl groups excluding tert-OH is 1. The molecule has 2 nitrogen and oxygen atoms in total. The fraction of sp³-hybridized carbons (Fsp3) is 0.893. The van der Waals surface area contributed by atoms with Crippen LogP contribution in [-0.4, -0.2) is 17.0 Å². The van der Waals surface area contributed by atoms with Gasteiger partial charge in [-0.05, 0) is 97.2 Å². The molecule has 0 amide bonds. The highest BCUT2D eigenvalue weighted by Gasteiger charge is 2.62. The summed E-state index contributed by atoms with van der Waals surface area (Å²) in [5.74, 6) is 5.33. The summed E-state index contributed by atoms with van der Waals surface area (Å²) in [5, 5.41) is 10.5. The highest BCUT2D eigenvalue weighted by atomic mass is 16.3. The van der Waals surface area contributed by atoms with Crippen molar-refractivity contribution < 1.29 is 9.90 Å². The molecule has 0 heterocycles. The molecule has 0 radical (unpaired) electrons. The number of ketones is 1. The molecule has 1 N–H and O–H groups in total. The number of carbonyl (C=O) groups is 1. The minimum Gasteiger partial charge on any atom is -0.393 e. The van der Waals surface area contributed by atoms with E-state index in [4.69, 9.17) is 0 Å². The Kier molecular flexibility index (Phi) is 6.06. The number of hydrogen-bond donors (Lipinski definition) is 1. The molecule has 1 unspecified atom stereocenters. The van der Waals surface area contributed by atoms with E-state index in [2.05, 4.69) is 53.7 Å². The van der Waals surface area contributed by atoms with Gasteiger partial charge in [0.25, 0.3) is 0 Å². The van der Waals surface area contributed by atoms with Crippen molar-refractivity contribution in [2.24, 2.45) is 58.2 Å². The standard InChI is InChI=1S/C28H46O2/c1-17(2)18(3)7-8-19(4)22-11-12-23-21-15-26(30)25-10-9-20(29)16-28(25,6)24(21)13-14-27(22,23)5/h7-8,17-25,29H,9-16H2,1-6H3/b8-7+/t18?,19-,20+,21+,22-,23+,24+,25-,27-,28-/m1/s1. The van der Waals surface area contributed by atoms with Crippen LogP contribution in [0.5, 0.6) is 0 Å². The van der Waals surface area contributed by atoms with E-state index in [1.54, 1.807) is 0 Å². The van der Waals surface area contributed by atoms with Gasteiger partial charge in [-0.2, -0.15) is 0 Å². The largest absolute Gasteiger partial charge is 0.393 e. The maximum Gasteiger partial charge on any atom is 0.136 e. The van der Waals surface area contributed by atoms with Crippen molar-refractivity contribution in [3.05, 3.63) is 12.2 Å². The summed E-state index contributed by atoms with van der Waals surface area (Å²) in [6.07, 6.45) is 13.4. The summed E-state index contributed by atoms with van der Waals surface area (Å²) < 4.78 is 0. The molecule has 0 aromatic rings. The van der Waals surface area contributed by atoms with Crippen molar-refractivity contribution >= 4 is 5.78 Å². The molecule has 170 valence electrons. The van der Waals surface area contributed by atoms with E-state index in [1.807, 2.05) is 0 Å². The predicted molar refractivity (Wildman–Crippen MR) is 124 cm³/mol. The Hall–Kier alpha value is -0.630. The van der Waals surface area contributed by atoms with Crippen LogP contribution in [0.25, 0.3) is 0 Å². The molecule has 4 aliphatic carbocycles. The lowest BCUT2D eigenvalue weighted by Crippen LogP contribution is -2.57. The van der Waals surface area contributed by atoms with Crippen molar-refractivity contribution in [1.82, 2.24) is 0 Å². The molecule has 30 heavy (non-hydrogen) atoms. The van der Waals surface area contributed by atoms with Crippen LogP contribution in [0.4, 0.5) is 0 Å². The molecule has 0 spiro atoms. The zero-order chi connectivity index (χ0) is 21.8. The SMILES string of the molecule is CC(C)C(C)/C=C/[C@@H](C)[C@H]1CC[C@H]2[C@@H]3CC(=O)[C@H]4CC[C@H](O)C[C@]4(C)[C@H]3CC[C@]12C. The van der Waals surface area contributed by atoms with Gasteiger partial charge in [0, 0.05) is 12.3 Å². The molecule has 4 aliphatic rings. The Morgan fingerprint density at radius 3 is 2.33 bits per heavy atom. The lowest BCUT2D eigenvalue weighted by Gasteiger charge is -2.60. The monoisotopic (exact) mass is 414 g/mol. The molecule has 10 atom stereocenters. The first-order valence-corrected chi connectivity index (χ1v) is 13.0. The van der Waals surface area contributed by atoms with Gasteiger partial charge in [-0.25, -0.2) is 0 Å². The second kappa shape index (κ2) is 8.05. The van der Waals surface area contributed by atoms with E-state index in [9.17, 15) is 9.90 Å². The topological polar surface area (TPSA) is 37.3 Å². The Balaban J connectivity index is 1.55. The van der Waals surface area contributed by atoms with Crippen LogP contribution in [0.3, 0.4) is 0 Å². The van der Waals surface area contributed by atoms with Crippen LogP contribution in [0.2, 0.25) is 0 Å². The summed E-state index contributed by atoms with van der Waals surface area (Å²) in [7, 11) is 0. The first-order valence-electron chi connectivity index (χ1n) is 13.0. The van der Waals surface area contributed by atoms with Crippen molar-refractivity contribution in [1.29, 1.82) is 0 Å². The van der Waals surface area contributed by atoms with Crippen LogP contribution in [-0.2, 0) is 4.79 Å². The van der Waals surface area contributed by atoms with E-state index >= 15 is 0 Å². The molecule has 4 fully saturated rings. The smallest absolute Gasteiger partial charge is 0.136 e. The maximum atomic E-state index is 13.3. The number of allylic oxidation sites excluding steroid dienone is 2. The number of carbonyl (C=O) groups excluding carboxylic acids is 1. The minimum absolute atomic E-state index is 0.0370. The first-order chi connectivity index (χ1) is 14.1. The summed E-state index contributed by atoms with van der Waals surface area (Å²) in [5.41, 5.74) is 0.415. The average Bonchev–Trinajstić information content (AvgIpc) is 3.02. The highest BCUT2D eigenvalue weighted by molar-refractivity contribution is 5.83. The third-order valence-corrected chi connectivity index (χ3v) is 10.8. The molecule has 0 aliphatic heterocycles. The van der Waals surface area contributed by atoms with E-state index in [-0.39, 0.29) is 17.4 Å². The summed E-state index contributed by atoms with van der Waals surface area (Å²) in [4.78, 5) is 13.3. The minimum atomic E-state index is -0.199. The van der Waals surface area contributed by atoms with E-state index in [0.717, 1.165) is 31.6 Å². The van der Waals surface area contributed by atoms with Gasteiger partial charge in [-0.15, -0.1) is 0 Å². The fourth-order valence-corrected chi connectivity index (χ4v) is 8.76. The second-order valence-electron chi connectivity index (χ2n) is 12.6. The van der Waals surface area contributed by atoms with Gasteiger partial charge in [0.05, 0.1) is 6.10 Å². The highest BCUT2D eigenvalue weighted by Crippen LogP contribution is 2.67. The van der Waals surface area contributed by atoms with Crippen molar-refractivity contribution in [3.63, 3.8) is 0 Å². The van der Waals surface area contributed by atoms with Gasteiger partial charge in [-0.3, -0.25) is 4.79 Å². The number of Topliss-reactive ketones (excluding diaryl/α,β-unsaturated/α-hetero) is 1. The molecule has 0 aromatic heterocycles. The summed E-state index contributed by atoms with van der Waals surface area (Å²) >= 11 is 0. The van der Waals surface area contributed by atoms with Gasteiger partial charge >= 0.3 is 0 Å².